The molecule has 0 saturated heterocycles. The minimum atomic E-state index is -0.465. The minimum absolute atomic E-state index is 0.117. The number of rotatable bonds is 1. The molecule has 3 aromatic carbocycles. The van der Waals surface area contributed by atoms with E-state index in [1.54, 1.807) is 6.07 Å². The summed E-state index contributed by atoms with van der Waals surface area (Å²) >= 11 is 0. The van der Waals surface area contributed by atoms with Crippen molar-refractivity contribution in [3.63, 3.8) is 0 Å². The Morgan fingerprint density at radius 2 is 1.59 bits per heavy atom. The quantitative estimate of drug-likeness (QED) is 0.661. The Morgan fingerprint density at radius 3 is 2.27 bits per heavy atom. The van der Waals surface area contributed by atoms with E-state index in [4.69, 9.17) is 0 Å². The maximum Gasteiger partial charge on any atom is 0.123 e. The maximum absolute atomic E-state index is 13.6. The Kier molecular flexibility index (Phi) is 3.29. The first-order valence-corrected chi connectivity index (χ1v) is 6.46. The van der Waals surface area contributed by atoms with Crippen LogP contribution in [-0.4, -0.2) is 0 Å². The lowest BCUT2D eigenvalue weighted by atomic mass is 9.90. The minimum Gasteiger partial charge on any atom is -0.207 e. The molecule has 0 spiro atoms. The molecule has 0 bridgehead atoms. The largest absolute Gasteiger partial charge is 0.207 e. The smallest absolute Gasteiger partial charge is 0.123 e. The number of benzene rings is 3. The van der Waals surface area contributed by atoms with Crippen LogP contribution in [-0.2, 0) is 0 Å². The van der Waals surface area contributed by atoms with E-state index in [-0.39, 0.29) is 11.1 Å². The molecule has 3 rings (SSSR count). The molecule has 0 aliphatic carbocycles. The topological polar surface area (TPSA) is 47.6 Å². The SMILES string of the molecule is N#Cc1cc2ccc(F)cc2c(-c2cccc(F)c2)c1C#N. The van der Waals surface area contributed by atoms with Crippen molar-refractivity contribution < 1.29 is 8.78 Å². The van der Waals surface area contributed by atoms with Gasteiger partial charge in [0.15, 0.2) is 0 Å². The fourth-order valence-electron chi connectivity index (χ4n) is 2.52. The van der Waals surface area contributed by atoms with Crippen LogP contribution in [0.1, 0.15) is 11.1 Å². The Hall–Kier alpha value is -3.24. The number of fused-ring (bicyclic) bond motifs is 1. The summed E-state index contributed by atoms with van der Waals surface area (Å²) in [6, 6.07) is 15.3. The van der Waals surface area contributed by atoms with Crippen LogP contribution in [0, 0.1) is 34.3 Å². The number of hydrogen-bond acceptors (Lipinski definition) is 2. The van der Waals surface area contributed by atoms with Crippen molar-refractivity contribution in [2.45, 2.75) is 0 Å². The molecule has 4 heteroatoms. The van der Waals surface area contributed by atoms with Gasteiger partial charge in [-0.2, -0.15) is 10.5 Å². The molecule has 0 amide bonds. The van der Waals surface area contributed by atoms with Crippen LogP contribution in [0.3, 0.4) is 0 Å². The van der Waals surface area contributed by atoms with Crippen LogP contribution in [0.2, 0.25) is 0 Å². The highest BCUT2D eigenvalue weighted by molar-refractivity contribution is 6.01. The van der Waals surface area contributed by atoms with Crippen LogP contribution >= 0.6 is 0 Å². The molecular formula is C18H8F2N2. The zero-order chi connectivity index (χ0) is 15.7. The third-order valence-corrected chi connectivity index (χ3v) is 3.45. The van der Waals surface area contributed by atoms with Gasteiger partial charge in [0.2, 0.25) is 0 Å². The third-order valence-electron chi connectivity index (χ3n) is 3.45. The van der Waals surface area contributed by atoms with E-state index in [9.17, 15) is 19.3 Å². The molecule has 0 aromatic heterocycles. The van der Waals surface area contributed by atoms with Crippen LogP contribution in [0.5, 0.6) is 0 Å². The zero-order valence-corrected chi connectivity index (χ0v) is 11.3. The van der Waals surface area contributed by atoms with Crippen molar-refractivity contribution in [1.29, 1.82) is 10.5 Å². The van der Waals surface area contributed by atoms with E-state index in [1.807, 2.05) is 12.1 Å². The molecule has 2 nitrogen and oxygen atoms in total. The fourth-order valence-corrected chi connectivity index (χ4v) is 2.52. The first-order chi connectivity index (χ1) is 10.6. The van der Waals surface area contributed by atoms with Gasteiger partial charge in [-0.1, -0.05) is 18.2 Å². The van der Waals surface area contributed by atoms with Gasteiger partial charge in [-0.25, -0.2) is 8.78 Å². The van der Waals surface area contributed by atoms with Gasteiger partial charge < -0.3 is 0 Å². The van der Waals surface area contributed by atoms with E-state index in [0.29, 0.717) is 21.9 Å². The van der Waals surface area contributed by atoms with Crippen LogP contribution in [0.25, 0.3) is 21.9 Å². The molecule has 3 aromatic rings. The molecule has 0 N–H and O–H groups in total. The first kappa shape index (κ1) is 13.7. The van der Waals surface area contributed by atoms with Gasteiger partial charge in [0.1, 0.15) is 23.8 Å². The van der Waals surface area contributed by atoms with Crippen molar-refractivity contribution in [3.8, 4) is 23.3 Å². The van der Waals surface area contributed by atoms with Gasteiger partial charge in [0.05, 0.1) is 11.1 Å². The van der Waals surface area contributed by atoms with Gasteiger partial charge in [0, 0.05) is 5.56 Å². The van der Waals surface area contributed by atoms with E-state index in [2.05, 4.69) is 0 Å². The summed E-state index contributed by atoms with van der Waals surface area (Å²) in [5, 5.41) is 19.7. The summed E-state index contributed by atoms with van der Waals surface area (Å²) in [4.78, 5) is 0. The highest BCUT2D eigenvalue weighted by Gasteiger charge is 2.16. The second-order valence-corrected chi connectivity index (χ2v) is 4.77. The van der Waals surface area contributed by atoms with Crippen LogP contribution in [0.4, 0.5) is 8.78 Å². The highest BCUT2D eigenvalue weighted by Crippen LogP contribution is 2.34. The number of halogens is 2. The summed E-state index contributed by atoms with van der Waals surface area (Å²) < 4.78 is 27.1. The normalized spacial score (nSPS) is 10.2. The third kappa shape index (κ3) is 2.17. The molecular weight excluding hydrogens is 282 g/mol. The Bertz CT molecular complexity index is 979. The molecule has 0 heterocycles. The summed E-state index contributed by atoms with van der Waals surface area (Å²) in [5.74, 6) is -0.924. The molecule has 0 aliphatic rings. The van der Waals surface area contributed by atoms with Crippen molar-refractivity contribution in [3.05, 3.63) is 71.3 Å². The van der Waals surface area contributed by atoms with Gasteiger partial charge >= 0.3 is 0 Å². The number of nitrogens with zero attached hydrogens (tertiary/aromatic N) is 2. The van der Waals surface area contributed by atoms with Crippen molar-refractivity contribution in [2.24, 2.45) is 0 Å². The molecule has 0 unspecified atom stereocenters. The Balaban J connectivity index is 2.52. The lowest BCUT2D eigenvalue weighted by Crippen LogP contribution is -1.93. The predicted octanol–water partition coefficient (Wildman–Crippen LogP) is 4.53. The fraction of sp³-hybridized carbons (Fsp3) is 0. The second-order valence-electron chi connectivity index (χ2n) is 4.77. The van der Waals surface area contributed by atoms with Crippen molar-refractivity contribution in [2.75, 3.05) is 0 Å². The maximum atomic E-state index is 13.6. The van der Waals surface area contributed by atoms with E-state index < -0.39 is 11.6 Å². The standard InChI is InChI=1S/C18H8F2N2/c19-14-3-1-2-12(7-14)18-16-8-15(20)5-4-11(16)6-13(9-21)17(18)10-22/h1-8H. The molecule has 104 valence electrons. The Morgan fingerprint density at radius 1 is 0.818 bits per heavy atom. The lowest BCUT2D eigenvalue weighted by molar-refractivity contribution is 0.628. The summed E-state index contributed by atoms with van der Waals surface area (Å²) in [6.07, 6.45) is 0. The average molecular weight is 290 g/mol. The molecule has 0 fully saturated rings. The monoisotopic (exact) mass is 290 g/mol. The molecule has 0 atom stereocenters. The second kappa shape index (κ2) is 5.27. The lowest BCUT2D eigenvalue weighted by Gasteiger charge is -2.11. The summed E-state index contributed by atoms with van der Waals surface area (Å²) in [7, 11) is 0. The van der Waals surface area contributed by atoms with Crippen LogP contribution < -0.4 is 0 Å². The van der Waals surface area contributed by atoms with Gasteiger partial charge in [-0.05, 0) is 46.7 Å². The molecule has 0 radical (unpaired) electrons. The molecule has 22 heavy (non-hydrogen) atoms. The molecule has 0 aliphatic heterocycles. The van der Waals surface area contributed by atoms with Gasteiger partial charge in [0.25, 0.3) is 0 Å². The van der Waals surface area contributed by atoms with Crippen LogP contribution in [0.15, 0.2) is 48.5 Å². The van der Waals surface area contributed by atoms with Gasteiger partial charge in [-0.3, -0.25) is 0 Å². The first-order valence-electron chi connectivity index (χ1n) is 6.46. The van der Waals surface area contributed by atoms with E-state index in [1.165, 1.54) is 42.5 Å². The van der Waals surface area contributed by atoms with E-state index in [0.717, 1.165) is 0 Å². The average Bonchev–Trinajstić information content (AvgIpc) is 2.52. The number of nitriles is 2. The highest BCUT2D eigenvalue weighted by atomic mass is 19.1. The predicted molar refractivity (Wildman–Crippen MR) is 78.7 cm³/mol. The summed E-state index contributed by atoms with van der Waals surface area (Å²) in [6.45, 7) is 0. The van der Waals surface area contributed by atoms with Crippen molar-refractivity contribution >= 4 is 10.8 Å². The zero-order valence-electron chi connectivity index (χ0n) is 11.3. The van der Waals surface area contributed by atoms with Crippen molar-refractivity contribution in [1.82, 2.24) is 0 Å². The molecule has 0 saturated carbocycles. The Labute approximate surface area is 125 Å². The summed E-state index contributed by atoms with van der Waals surface area (Å²) in [5.41, 5.74) is 1.10. The van der Waals surface area contributed by atoms with E-state index >= 15 is 0 Å². The van der Waals surface area contributed by atoms with Gasteiger partial charge in [-0.15, -0.1) is 0 Å². The number of hydrogen-bond donors (Lipinski definition) is 0.